The largest absolute Gasteiger partial charge is 0.272 e. The predicted molar refractivity (Wildman–Crippen MR) is 127 cm³/mol. The van der Waals surface area contributed by atoms with E-state index < -0.39 is 0 Å². The Hall–Kier alpha value is -3.49. The number of rotatable bonds is 7. The van der Waals surface area contributed by atoms with E-state index in [1.807, 2.05) is 60.0 Å². The molecule has 2 heterocycles. The van der Waals surface area contributed by atoms with E-state index in [-0.39, 0.29) is 11.7 Å². The molecule has 0 spiro atoms. The molecule has 4 rings (SSSR count). The summed E-state index contributed by atoms with van der Waals surface area (Å²) in [5.74, 6) is 0.540. The highest BCUT2D eigenvalue weighted by atomic mass is 35.5. The van der Waals surface area contributed by atoms with Crippen molar-refractivity contribution in [2.75, 3.05) is 5.75 Å². The number of carbonyl (C=O) groups excluding carboxylic acids is 1. The molecule has 9 heteroatoms. The molecule has 4 aromatic rings. The van der Waals surface area contributed by atoms with Crippen molar-refractivity contribution in [3.05, 3.63) is 89.2 Å². The SMILES string of the molecule is Cc1cccc(C=NNC(=O)CSc2nnc(-c3ccncc3)n2-c2ccc(Cl)cc2)c1. The van der Waals surface area contributed by atoms with Gasteiger partial charge in [-0.2, -0.15) is 5.10 Å². The van der Waals surface area contributed by atoms with Crippen LogP contribution in [0, 0.1) is 6.92 Å². The smallest absolute Gasteiger partial charge is 0.250 e. The summed E-state index contributed by atoms with van der Waals surface area (Å²) in [6, 6.07) is 18.9. The highest BCUT2D eigenvalue weighted by molar-refractivity contribution is 7.99. The number of halogens is 1. The molecule has 0 saturated heterocycles. The second kappa shape index (κ2) is 10.2. The molecule has 0 aliphatic carbocycles. The van der Waals surface area contributed by atoms with E-state index in [0.29, 0.717) is 16.0 Å². The number of aryl methyl sites for hydroxylation is 1. The second-order valence-electron chi connectivity index (χ2n) is 6.85. The minimum atomic E-state index is -0.241. The van der Waals surface area contributed by atoms with Gasteiger partial charge in [0.05, 0.1) is 12.0 Å². The normalized spacial score (nSPS) is 11.1. The zero-order chi connectivity index (χ0) is 22.3. The van der Waals surface area contributed by atoms with E-state index in [9.17, 15) is 4.79 Å². The average Bonchev–Trinajstić information content (AvgIpc) is 3.23. The minimum Gasteiger partial charge on any atom is -0.272 e. The summed E-state index contributed by atoms with van der Waals surface area (Å²) in [6.45, 7) is 2.00. The summed E-state index contributed by atoms with van der Waals surface area (Å²) < 4.78 is 1.89. The summed E-state index contributed by atoms with van der Waals surface area (Å²) in [5, 5.41) is 13.9. The first-order valence-corrected chi connectivity index (χ1v) is 11.1. The van der Waals surface area contributed by atoms with Crippen LogP contribution in [0.1, 0.15) is 11.1 Å². The van der Waals surface area contributed by atoms with Crippen molar-refractivity contribution in [1.29, 1.82) is 0 Å². The van der Waals surface area contributed by atoms with Crippen LogP contribution in [0.3, 0.4) is 0 Å². The molecule has 0 unspecified atom stereocenters. The number of benzene rings is 2. The summed E-state index contributed by atoms with van der Waals surface area (Å²) >= 11 is 7.33. The van der Waals surface area contributed by atoms with Crippen molar-refractivity contribution in [2.24, 2.45) is 5.10 Å². The Bertz CT molecular complexity index is 1240. The zero-order valence-electron chi connectivity index (χ0n) is 17.1. The molecule has 0 saturated carbocycles. The third-order valence-corrected chi connectivity index (χ3v) is 5.61. The highest BCUT2D eigenvalue weighted by Crippen LogP contribution is 2.28. The summed E-state index contributed by atoms with van der Waals surface area (Å²) in [6.07, 6.45) is 5.01. The van der Waals surface area contributed by atoms with Crippen molar-refractivity contribution >= 4 is 35.5 Å². The highest BCUT2D eigenvalue weighted by Gasteiger charge is 2.17. The van der Waals surface area contributed by atoms with Crippen LogP contribution >= 0.6 is 23.4 Å². The molecule has 160 valence electrons. The first-order chi connectivity index (χ1) is 15.6. The van der Waals surface area contributed by atoms with Crippen LogP contribution in [0.25, 0.3) is 17.1 Å². The van der Waals surface area contributed by atoms with Gasteiger partial charge in [0.2, 0.25) is 0 Å². The lowest BCUT2D eigenvalue weighted by molar-refractivity contribution is -0.118. The van der Waals surface area contributed by atoms with Crippen molar-refractivity contribution in [3.63, 3.8) is 0 Å². The lowest BCUT2D eigenvalue weighted by Gasteiger charge is -2.10. The molecule has 1 amide bonds. The van der Waals surface area contributed by atoms with Crippen molar-refractivity contribution < 1.29 is 4.79 Å². The van der Waals surface area contributed by atoms with Gasteiger partial charge in [-0.25, -0.2) is 5.43 Å². The first-order valence-electron chi connectivity index (χ1n) is 9.73. The Kier molecular flexibility index (Phi) is 6.94. The fraction of sp³-hybridized carbons (Fsp3) is 0.0870. The molecular formula is C23H19ClN6OS. The molecule has 0 bridgehead atoms. The van der Waals surface area contributed by atoms with Crippen LogP contribution < -0.4 is 5.43 Å². The third kappa shape index (κ3) is 5.40. The Morgan fingerprint density at radius 2 is 1.91 bits per heavy atom. The summed E-state index contributed by atoms with van der Waals surface area (Å²) in [7, 11) is 0. The molecule has 32 heavy (non-hydrogen) atoms. The van der Waals surface area contributed by atoms with Crippen LogP contribution in [0.5, 0.6) is 0 Å². The van der Waals surface area contributed by atoms with Gasteiger partial charge in [0.1, 0.15) is 0 Å². The number of pyridine rings is 1. The van der Waals surface area contributed by atoms with E-state index in [0.717, 1.165) is 22.4 Å². The molecule has 7 nitrogen and oxygen atoms in total. The maximum atomic E-state index is 12.3. The Labute approximate surface area is 194 Å². The number of hydrazone groups is 1. The van der Waals surface area contributed by atoms with E-state index in [1.54, 1.807) is 30.7 Å². The molecule has 0 aliphatic rings. The van der Waals surface area contributed by atoms with E-state index in [2.05, 4.69) is 25.7 Å². The monoisotopic (exact) mass is 462 g/mol. The van der Waals surface area contributed by atoms with Crippen LogP contribution in [0.15, 0.2) is 83.3 Å². The van der Waals surface area contributed by atoms with Gasteiger partial charge < -0.3 is 0 Å². The van der Waals surface area contributed by atoms with E-state index in [1.165, 1.54) is 11.8 Å². The summed E-state index contributed by atoms with van der Waals surface area (Å²) in [5.41, 5.74) is 6.30. The maximum Gasteiger partial charge on any atom is 0.250 e. The van der Waals surface area contributed by atoms with Crippen LogP contribution in [-0.4, -0.2) is 37.6 Å². The zero-order valence-corrected chi connectivity index (χ0v) is 18.7. The number of thioether (sulfide) groups is 1. The number of hydrogen-bond donors (Lipinski definition) is 1. The van der Waals surface area contributed by atoms with Gasteiger partial charge in [-0.15, -0.1) is 10.2 Å². The lowest BCUT2D eigenvalue weighted by atomic mass is 10.2. The van der Waals surface area contributed by atoms with Gasteiger partial charge in [0.25, 0.3) is 5.91 Å². The Balaban J connectivity index is 1.50. The molecule has 0 atom stereocenters. The number of hydrogen-bond acceptors (Lipinski definition) is 6. The fourth-order valence-corrected chi connectivity index (χ4v) is 3.84. The lowest BCUT2D eigenvalue weighted by Crippen LogP contribution is -2.20. The van der Waals surface area contributed by atoms with Gasteiger partial charge >= 0.3 is 0 Å². The van der Waals surface area contributed by atoms with Gasteiger partial charge in [0, 0.05) is 28.7 Å². The van der Waals surface area contributed by atoms with Gasteiger partial charge in [0.15, 0.2) is 11.0 Å². The molecule has 2 aromatic heterocycles. The number of aromatic nitrogens is 4. The molecule has 0 radical (unpaired) electrons. The summed E-state index contributed by atoms with van der Waals surface area (Å²) in [4.78, 5) is 16.4. The van der Waals surface area contributed by atoms with Gasteiger partial charge in [-0.05, 0) is 48.9 Å². The molecule has 0 aliphatic heterocycles. The topological polar surface area (TPSA) is 85.1 Å². The van der Waals surface area contributed by atoms with E-state index >= 15 is 0 Å². The van der Waals surface area contributed by atoms with Crippen LogP contribution in [-0.2, 0) is 4.79 Å². The van der Waals surface area contributed by atoms with Crippen molar-refractivity contribution in [3.8, 4) is 17.1 Å². The minimum absolute atomic E-state index is 0.132. The van der Waals surface area contributed by atoms with Crippen LogP contribution in [0.2, 0.25) is 5.02 Å². The maximum absolute atomic E-state index is 12.3. The molecular weight excluding hydrogens is 444 g/mol. The van der Waals surface area contributed by atoms with Crippen LogP contribution in [0.4, 0.5) is 0 Å². The number of nitrogens with zero attached hydrogens (tertiary/aromatic N) is 5. The van der Waals surface area contributed by atoms with Crippen molar-refractivity contribution in [1.82, 2.24) is 25.2 Å². The Morgan fingerprint density at radius 3 is 2.66 bits per heavy atom. The molecule has 1 N–H and O–H groups in total. The first kappa shape index (κ1) is 21.7. The predicted octanol–water partition coefficient (Wildman–Crippen LogP) is 4.53. The van der Waals surface area contributed by atoms with Gasteiger partial charge in [-0.1, -0.05) is 53.2 Å². The quantitative estimate of drug-likeness (QED) is 0.248. The molecule has 0 fully saturated rings. The fourth-order valence-electron chi connectivity index (χ4n) is 2.97. The number of carbonyl (C=O) groups is 1. The molecule has 2 aromatic carbocycles. The number of nitrogens with one attached hydrogen (secondary N) is 1. The number of amides is 1. The Morgan fingerprint density at radius 1 is 1.12 bits per heavy atom. The van der Waals surface area contributed by atoms with Crippen molar-refractivity contribution in [2.45, 2.75) is 12.1 Å². The average molecular weight is 463 g/mol. The second-order valence-corrected chi connectivity index (χ2v) is 8.23. The third-order valence-electron chi connectivity index (χ3n) is 4.43. The van der Waals surface area contributed by atoms with E-state index in [4.69, 9.17) is 11.6 Å². The standard InChI is InChI=1S/C23H19ClN6OS/c1-16-3-2-4-17(13-16)14-26-27-21(31)15-32-23-29-28-22(18-9-11-25-12-10-18)30(23)20-7-5-19(24)6-8-20/h2-14H,15H2,1H3,(H,27,31). The van der Waals surface area contributed by atoms with Gasteiger partial charge in [-0.3, -0.25) is 14.3 Å².